The lowest BCUT2D eigenvalue weighted by molar-refractivity contribution is 0.0946. The molecular weight excluding hydrogens is 254 g/mol. The molecule has 100 valence electrons. The Kier molecular flexibility index (Phi) is 3.16. The van der Waals surface area contributed by atoms with Gasteiger partial charge in [0.15, 0.2) is 11.5 Å². The molecule has 3 aromatic rings. The van der Waals surface area contributed by atoms with Crippen LogP contribution in [0.1, 0.15) is 21.9 Å². The predicted molar refractivity (Wildman–Crippen MR) is 74.2 cm³/mol. The number of nitrogens with one attached hydrogen (secondary N) is 1. The number of hydrogen-bond acceptors (Lipinski definition) is 4. The predicted octanol–water partition coefficient (Wildman–Crippen LogP) is 2.46. The van der Waals surface area contributed by atoms with Crippen LogP contribution in [0.4, 0.5) is 0 Å². The van der Waals surface area contributed by atoms with Crippen molar-refractivity contribution in [1.82, 2.24) is 15.3 Å². The van der Waals surface area contributed by atoms with Crippen LogP contribution in [0, 0.1) is 6.92 Å². The minimum Gasteiger partial charge on any atom is -0.441 e. The molecule has 1 N–H and O–H groups in total. The van der Waals surface area contributed by atoms with Crippen molar-refractivity contribution in [2.24, 2.45) is 0 Å². The summed E-state index contributed by atoms with van der Waals surface area (Å²) >= 11 is 0. The zero-order chi connectivity index (χ0) is 13.9. The van der Waals surface area contributed by atoms with Gasteiger partial charge in [-0.05, 0) is 29.8 Å². The van der Waals surface area contributed by atoms with Crippen molar-refractivity contribution in [2.45, 2.75) is 13.5 Å². The molecule has 0 spiro atoms. The first-order chi connectivity index (χ1) is 9.72. The zero-order valence-corrected chi connectivity index (χ0v) is 11.0. The zero-order valence-electron chi connectivity index (χ0n) is 11.0. The maximum atomic E-state index is 11.9. The van der Waals surface area contributed by atoms with Gasteiger partial charge >= 0.3 is 0 Å². The van der Waals surface area contributed by atoms with Gasteiger partial charge in [-0.25, -0.2) is 4.98 Å². The van der Waals surface area contributed by atoms with E-state index >= 15 is 0 Å². The SMILES string of the molecule is Cc1nc2cc(CNC(=O)c3ccccn3)ccc2o1. The summed E-state index contributed by atoms with van der Waals surface area (Å²) in [6, 6.07) is 10.9. The molecule has 20 heavy (non-hydrogen) atoms. The molecule has 0 aliphatic rings. The van der Waals surface area contributed by atoms with Gasteiger partial charge in [0.25, 0.3) is 5.91 Å². The van der Waals surface area contributed by atoms with Crippen LogP contribution < -0.4 is 5.32 Å². The van der Waals surface area contributed by atoms with E-state index in [1.807, 2.05) is 25.1 Å². The molecule has 0 aliphatic heterocycles. The third-order valence-electron chi connectivity index (χ3n) is 2.91. The Labute approximate surface area is 115 Å². The Balaban J connectivity index is 1.72. The highest BCUT2D eigenvalue weighted by Gasteiger charge is 2.07. The molecule has 0 saturated carbocycles. The smallest absolute Gasteiger partial charge is 0.270 e. The fourth-order valence-electron chi connectivity index (χ4n) is 1.97. The van der Waals surface area contributed by atoms with Crippen LogP contribution >= 0.6 is 0 Å². The van der Waals surface area contributed by atoms with Crippen LogP contribution in [0.25, 0.3) is 11.1 Å². The lowest BCUT2D eigenvalue weighted by Crippen LogP contribution is -2.23. The Morgan fingerprint density at radius 1 is 1.30 bits per heavy atom. The summed E-state index contributed by atoms with van der Waals surface area (Å²) in [5.74, 6) is 0.441. The highest BCUT2D eigenvalue weighted by Crippen LogP contribution is 2.16. The summed E-state index contributed by atoms with van der Waals surface area (Å²) in [4.78, 5) is 20.2. The lowest BCUT2D eigenvalue weighted by Gasteiger charge is -2.04. The van der Waals surface area contributed by atoms with E-state index in [0.29, 0.717) is 18.1 Å². The van der Waals surface area contributed by atoms with Gasteiger partial charge in [-0.1, -0.05) is 12.1 Å². The summed E-state index contributed by atoms with van der Waals surface area (Å²) in [5.41, 5.74) is 2.93. The van der Waals surface area contributed by atoms with Gasteiger partial charge in [0, 0.05) is 19.7 Å². The molecule has 1 aromatic carbocycles. The number of oxazole rings is 1. The van der Waals surface area contributed by atoms with Crippen LogP contribution in [0.2, 0.25) is 0 Å². The number of aryl methyl sites for hydroxylation is 1. The number of carbonyl (C=O) groups excluding carboxylic acids is 1. The number of fused-ring (bicyclic) bond motifs is 1. The third-order valence-corrected chi connectivity index (χ3v) is 2.91. The maximum Gasteiger partial charge on any atom is 0.270 e. The van der Waals surface area contributed by atoms with Gasteiger partial charge < -0.3 is 9.73 Å². The average Bonchev–Trinajstić information content (AvgIpc) is 2.85. The van der Waals surface area contributed by atoms with Crippen molar-refractivity contribution in [1.29, 1.82) is 0 Å². The van der Waals surface area contributed by atoms with Crippen molar-refractivity contribution in [2.75, 3.05) is 0 Å². The van der Waals surface area contributed by atoms with Gasteiger partial charge in [-0.3, -0.25) is 9.78 Å². The van der Waals surface area contributed by atoms with Crippen molar-refractivity contribution >= 4 is 17.0 Å². The maximum absolute atomic E-state index is 11.9. The van der Waals surface area contributed by atoms with Gasteiger partial charge in [0.1, 0.15) is 11.2 Å². The van der Waals surface area contributed by atoms with E-state index in [9.17, 15) is 4.79 Å². The number of pyridine rings is 1. The van der Waals surface area contributed by atoms with E-state index in [0.717, 1.165) is 16.7 Å². The summed E-state index contributed by atoms with van der Waals surface area (Å²) < 4.78 is 5.41. The van der Waals surface area contributed by atoms with E-state index in [-0.39, 0.29) is 5.91 Å². The average molecular weight is 267 g/mol. The fraction of sp³-hybridized carbons (Fsp3) is 0.133. The molecule has 5 heteroatoms. The van der Waals surface area contributed by atoms with E-state index in [4.69, 9.17) is 4.42 Å². The van der Waals surface area contributed by atoms with Crippen molar-refractivity contribution in [3.63, 3.8) is 0 Å². The molecule has 2 heterocycles. The van der Waals surface area contributed by atoms with E-state index < -0.39 is 0 Å². The van der Waals surface area contributed by atoms with Crippen LogP contribution in [0.3, 0.4) is 0 Å². The Morgan fingerprint density at radius 2 is 2.20 bits per heavy atom. The summed E-state index contributed by atoms with van der Waals surface area (Å²) in [7, 11) is 0. The van der Waals surface area contributed by atoms with Gasteiger partial charge in [0.2, 0.25) is 0 Å². The number of amides is 1. The second-order valence-corrected chi connectivity index (χ2v) is 4.43. The Morgan fingerprint density at radius 3 is 3.00 bits per heavy atom. The minimum absolute atomic E-state index is 0.193. The largest absolute Gasteiger partial charge is 0.441 e. The highest BCUT2D eigenvalue weighted by molar-refractivity contribution is 5.92. The molecule has 0 bridgehead atoms. The van der Waals surface area contributed by atoms with Crippen LogP contribution in [-0.2, 0) is 6.54 Å². The summed E-state index contributed by atoms with van der Waals surface area (Å²) in [5, 5.41) is 2.83. The van der Waals surface area contributed by atoms with E-state index in [1.165, 1.54) is 0 Å². The minimum atomic E-state index is -0.193. The van der Waals surface area contributed by atoms with E-state index in [1.54, 1.807) is 24.4 Å². The van der Waals surface area contributed by atoms with Gasteiger partial charge in [0.05, 0.1) is 0 Å². The van der Waals surface area contributed by atoms with Crippen molar-refractivity contribution < 1.29 is 9.21 Å². The van der Waals surface area contributed by atoms with Crippen LogP contribution in [-0.4, -0.2) is 15.9 Å². The molecule has 0 fully saturated rings. The highest BCUT2D eigenvalue weighted by atomic mass is 16.3. The van der Waals surface area contributed by atoms with Crippen molar-refractivity contribution in [3.8, 4) is 0 Å². The van der Waals surface area contributed by atoms with Crippen LogP contribution in [0.5, 0.6) is 0 Å². The molecule has 0 radical (unpaired) electrons. The Hall–Kier alpha value is -2.69. The third kappa shape index (κ3) is 2.51. The molecule has 0 saturated heterocycles. The van der Waals surface area contributed by atoms with Gasteiger partial charge in [-0.15, -0.1) is 0 Å². The number of benzene rings is 1. The molecule has 5 nitrogen and oxygen atoms in total. The molecule has 0 atom stereocenters. The first-order valence-electron chi connectivity index (χ1n) is 6.28. The number of hydrogen-bond donors (Lipinski definition) is 1. The topological polar surface area (TPSA) is 68.0 Å². The lowest BCUT2D eigenvalue weighted by atomic mass is 10.2. The summed E-state index contributed by atoms with van der Waals surface area (Å²) in [6.45, 7) is 2.24. The standard InChI is InChI=1S/C15H13N3O2/c1-10-18-13-8-11(5-6-14(13)20-10)9-17-15(19)12-4-2-3-7-16-12/h2-8H,9H2,1H3,(H,17,19). The first-order valence-corrected chi connectivity index (χ1v) is 6.28. The monoisotopic (exact) mass is 267 g/mol. The molecule has 1 amide bonds. The molecule has 2 aromatic heterocycles. The van der Waals surface area contributed by atoms with Crippen LogP contribution in [0.15, 0.2) is 47.0 Å². The number of carbonyl (C=O) groups is 1. The normalized spacial score (nSPS) is 10.7. The number of aromatic nitrogens is 2. The second kappa shape index (κ2) is 5.13. The summed E-state index contributed by atoms with van der Waals surface area (Å²) in [6.07, 6.45) is 1.60. The second-order valence-electron chi connectivity index (χ2n) is 4.43. The molecule has 0 aliphatic carbocycles. The van der Waals surface area contributed by atoms with E-state index in [2.05, 4.69) is 15.3 Å². The Bertz CT molecular complexity index is 750. The molecular formula is C15H13N3O2. The fourth-order valence-corrected chi connectivity index (χ4v) is 1.97. The molecule has 0 unspecified atom stereocenters. The number of rotatable bonds is 3. The first kappa shape index (κ1) is 12.3. The van der Waals surface area contributed by atoms with Gasteiger partial charge in [-0.2, -0.15) is 0 Å². The quantitative estimate of drug-likeness (QED) is 0.791. The molecule has 3 rings (SSSR count). The van der Waals surface area contributed by atoms with Crippen molar-refractivity contribution in [3.05, 3.63) is 59.7 Å². The number of nitrogens with zero attached hydrogens (tertiary/aromatic N) is 2.